The second-order valence-corrected chi connectivity index (χ2v) is 5.94. The summed E-state index contributed by atoms with van der Waals surface area (Å²) in [5, 5.41) is 0. The third kappa shape index (κ3) is 2.45. The molecular weight excluding hydrogens is 226 g/mol. The lowest BCUT2D eigenvalue weighted by molar-refractivity contribution is 0.361. The smallest absolute Gasteiger partial charge is 0.242 e. The van der Waals surface area contributed by atoms with Gasteiger partial charge < -0.3 is 10.7 Å². The second kappa shape index (κ2) is 4.57. The average molecular weight is 243 g/mol. The summed E-state index contributed by atoms with van der Waals surface area (Å²) in [6, 6.07) is 1.34. The SMILES string of the molecule is NC1CCCCC1NS(=O)(=O)c1cc[nH]c1. The fourth-order valence-electron chi connectivity index (χ4n) is 2.05. The monoisotopic (exact) mass is 243 g/mol. The lowest BCUT2D eigenvalue weighted by Crippen LogP contribution is -2.49. The molecule has 2 unspecified atom stereocenters. The van der Waals surface area contributed by atoms with Gasteiger partial charge in [0.2, 0.25) is 10.0 Å². The largest absolute Gasteiger partial charge is 0.366 e. The first-order valence-electron chi connectivity index (χ1n) is 5.50. The molecule has 1 saturated carbocycles. The van der Waals surface area contributed by atoms with Crippen LogP contribution in [0.1, 0.15) is 25.7 Å². The van der Waals surface area contributed by atoms with Crippen LogP contribution in [0.3, 0.4) is 0 Å². The van der Waals surface area contributed by atoms with Crippen LogP contribution in [0.25, 0.3) is 0 Å². The highest BCUT2D eigenvalue weighted by molar-refractivity contribution is 7.89. The highest BCUT2D eigenvalue weighted by Crippen LogP contribution is 2.19. The van der Waals surface area contributed by atoms with E-state index in [1.54, 1.807) is 6.20 Å². The first kappa shape index (κ1) is 11.6. The van der Waals surface area contributed by atoms with E-state index in [2.05, 4.69) is 9.71 Å². The topological polar surface area (TPSA) is 88.0 Å². The van der Waals surface area contributed by atoms with Gasteiger partial charge in [-0.15, -0.1) is 0 Å². The number of aromatic amines is 1. The Hall–Kier alpha value is -0.850. The van der Waals surface area contributed by atoms with Gasteiger partial charge in [-0.25, -0.2) is 13.1 Å². The molecule has 90 valence electrons. The van der Waals surface area contributed by atoms with E-state index >= 15 is 0 Å². The van der Waals surface area contributed by atoms with E-state index in [1.165, 1.54) is 12.3 Å². The summed E-state index contributed by atoms with van der Waals surface area (Å²) in [4.78, 5) is 3.00. The minimum absolute atomic E-state index is 0.0672. The van der Waals surface area contributed by atoms with Crippen molar-refractivity contribution in [3.63, 3.8) is 0 Å². The van der Waals surface area contributed by atoms with Crippen molar-refractivity contribution in [1.29, 1.82) is 0 Å². The zero-order valence-corrected chi connectivity index (χ0v) is 9.83. The van der Waals surface area contributed by atoms with Gasteiger partial charge >= 0.3 is 0 Å². The van der Waals surface area contributed by atoms with Gasteiger partial charge in [0.05, 0.1) is 4.90 Å². The van der Waals surface area contributed by atoms with Gasteiger partial charge in [0, 0.05) is 24.5 Å². The summed E-state index contributed by atoms with van der Waals surface area (Å²) in [7, 11) is -3.41. The van der Waals surface area contributed by atoms with Gasteiger partial charge in [0.25, 0.3) is 0 Å². The predicted octanol–water partition coefficient (Wildman–Crippen LogP) is 0.563. The fraction of sp³-hybridized carbons (Fsp3) is 0.600. The van der Waals surface area contributed by atoms with Crippen LogP contribution in [0.4, 0.5) is 0 Å². The molecule has 0 aliphatic heterocycles. The maximum absolute atomic E-state index is 11.9. The first-order chi connectivity index (χ1) is 7.59. The van der Waals surface area contributed by atoms with Crippen LogP contribution in [0.2, 0.25) is 0 Å². The van der Waals surface area contributed by atoms with Crippen LogP contribution >= 0.6 is 0 Å². The van der Waals surface area contributed by atoms with Crippen molar-refractivity contribution in [2.45, 2.75) is 42.7 Å². The summed E-state index contributed by atoms with van der Waals surface area (Å²) < 4.78 is 26.5. The van der Waals surface area contributed by atoms with Crippen LogP contribution in [0.5, 0.6) is 0 Å². The van der Waals surface area contributed by atoms with Crippen molar-refractivity contribution in [1.82, 2.24) is 9.71 Å². The van der Waals surface area contributed by atoms with E-state index in [4.69, 9.17) is 5.73 Å². The number of hydrogen-bond acceptors (Lipinski definition) is 3. The molecule has 4 N–H and O–H groups in total. The van der Waals surface area contributed by atoms with E-state index in [0.717, 1.165) is 25.7 Å². The molecule has 0 spiro atoms. The number of rotatable bonds is 3. The van der Waals surface area contributed by atoms with Crippen molar-refractivity contribution in [2.75, 3.05) is 0 Å². The van der Waals surface area contributed by atoms with Gasteiger partial charge in [-0.1, -0.05) is 12.8 Å². The van der Waals surface area contributed by atoms with Crippen molar-refractivity contribution >= 4 is 10.0 Å². The van der Waals surface area contributed by atoms with Crippen LogP contribution in [0.15, 0.2) is 23.4 Å². The van der Waals surface area contributed by atoms with Crippen molar-refractivity contribution in [3.8, 4) is 0 Å². The molecule has 2 rings (SSSR count). The number of H-pyrrole nitrogens is 1. The maximum atomic E-state index is 11.9. The van der Waals surface area contributed by atoms with Crippen LogP contribution in [0, 0.1) is 0 Å². The van der Waals surface area contributed by atoms with Crippen LogP contribution < -0.4 is 10.5 Å². The van der Waals surface area contributed by atoms with Crippen molar-refractivity contribution < 1.29 is 8.42 Å². The van der Waals surface area contributed by atoms with Crippen molar-refractivity contribution in [3.05, 3.63) is 18.5 Å². The van der Waals surface area contributed by atoms with Gasteiger partial charge in [-0.2, -0.15) is 0 Å². The molecule has 1 aromatic heterocycles. The molecule has 0 saturated heterocycles. The Morgan fingerprint density at radius 1 is 1.38 bits per heavy atom. The number of sulfonamides is 1. The molecule has 1 heterocycles. The molecular formula is C10H17N3O2S. The predicted molar refractivity (Wildman–Crippen MR) is 61.3 cm³/mol. The lowest BCUT2D eigenvalue weighted by Gasteiger charge is -2.28. The molecule has 1 aliphatic rings. The van der Waals surface area contributed by atoms with Gasteiger partial charge in [0.1, 0.15) is 0 Å². The standard InChI is InChI=1S/C10H17N3O2S/c11-9-3-1-2-4-10(9)13-16(14,15)8-5-6-12-7-8/h5-7,9-10,12-13H,1-4,11H2. The van der Waals surface area contributed by atoms with Gasteiger partial charge in [-0.05, 0) is 18.9 Å². The summed E-state index contributed by atoms with van der Waals surface area (Å²) in [6.45, 7) is 0. The Morgan fingerprint density at radius 3 is 2.75 bits per heavy atom. The lowest BCUT2D eigenvalue weighted by atomic mass is 9.92. The van der Waals surface area contributed by atoms with Crippen molar-refractivity contribution in [2.24, 2.45) is 5.73 Å². The van der Waals surface area contributed by atoms with E-state index in [9.17, 15) is 8.42 Å². The summed E-state index contributed by atoms with van der Waals surface area (Å²) in [5.41, 5.74) is 5.90. The molecule has 0 amide bonds. The van der Waals surface area contributed by atoms with E-state index in [0.29, 0.717) is 0 Å². The van der Waals surface area contributed by atoms with Gasteiger partial charge in [0.15, 0.2) is 0 Å². The highest BCUT2D eigenvalue weighted by atomic mass is 32.2. The minimum Gasteiger partial charge on any atom is -0.366 e. The molecule has 2 atom stereocenters. The zero-order chi connectivity index (χ0) is 11.6. The molecule has 1 aliphatic carbocycles. The van der Waals surface area contributed by atoms with E-state index in [1.807, 2.05) is 0 Å². The normalized spacial score (nSPS) is 26.8. The Balaban J connectivity index is 2.09. The zero-order valence-electron chi connectivity index (χ0n) is 9.02. The van der Waals surface area contributed by atoms with Gasteiger partial charge in [-0.3, -0.25) is 0 Å². The van der Waals surface area contributed by atoms with E-state index in [-0.39, 0.29) is 17.0 Å². The highest BCUT2D eigenvalue weighted by Gasteiger charge is 2.27. The summed E-state index contributed by atoms with van der Waals surface area (Å²) in [5.74, 6) is 0. The first-order valence-corrected chi connectivity index (χ1v) is 6.98. The second-order valence-electron chi connectivity index (χ2n) is 4.22. The molecule has 1 aromatic rings. The Morgan fingerprint density at radius 2 is 2.12 bits per heavy atom. The maximum Gasteiger partial charge on any atom is 0.242 e. The minimum atomic E-state index is -3.41. The molecule has 5 nitrogen and oxygen atoms in total. The number of hydrogen-bond donors (Lipinski definition) is 3. The van der Waals surface area contributed by atoms with E-state index < -0.39 is 10.0 Å². The fourth-order valence-corrected chi connectivity index (χ4v) is 3.35. The third-order valence-electron chi connectivity index (χ3n) is 3.01. The number of aromatic nitrogens is 1. The Bertz CT molecular complexity index is 427. The van der Waals surface area contributed by atoms with Crippen LogP contribution in [-0.2, 0) is 10.0 Å². The third-order valence-corrected chi connectivity index (χ3v) is 4.49. The quantitative estimate of drug-likeness (QED) is 0.725. The molecule has 0 aromatic carbocycles. The molecule has 0 radical (unpaired) electrons. The number of nitrogens with two attached hydrogens (primary N) is 1. The summed E-state index contributed by atoms with van der Waals surface area (Å²) in [6.07, 6.45) is 6.90. The summed E-state index contributed by atoms with van der Waals surface area (Å²) >= 11 is 0. The molecule has 16 heavy (non-hydrogen) atoms. The molecule has 6 heteroatoms. The Labute approximate surface area is 95.5 Å². The van der Waals surface area contributed by atoms with Crippen LogP contribution in [-0.4, -0.2) is 25.5 Å². The molecule has 1 fully saturated rings. The molecule has 0 bridgehead atoms. The average Bonchev–Trinajstić information content (AvgIpc) is 2.75. The number of nitrogens with one attached hydrogen (secondary N) is 2. The Kier molecular flexibility index (Phi) is 3.32.